The Bertz CT molecular complexity index is 1070. The highest BCUT2D eigenvalue weighted by atomic mass is 19.4. The van der Waals surface area contributed by atoms with E-state index in [0.717, 1.165) is 80.3 Å². The summed E-state index contributed by atoms with van der Waals surface area (Å²) in [6, 6.07) is 7.89. The number of para-hydroxylation sites is 1. The lowest BCUT2D eigenvalue weighted by Gasteiger charge is -2.36. The highest BCUT2D eigenvalue weighted by molar-refractivity contribution is 5.92. The van der Waals surface area contributed by atoms with Gasteiger partial charge in [0.1, 0.15) is 6.54 Å². The van der Waals surface area contributed by atoms with Crippen molar-refractivity contribution < 1.29 is 27.5 Å². The number of hydrogen-bond donors (Lipinski definition) is 0. The van der Waals surface area contributed by atoms with Crippen LogP contribution in [0.4, 0.5) is 18.9 Å². The first-order valence-electron chi connectivity index (χ1n) is 12.8. The summed E-state index contributed by atoms with van der Waals surface area (Å²) < 4.78 is 45.6. The van der Waals surface area contributed by atoms with Crippen LogP contribution in [-0.4, -0.2) is 76.8 Å². The first kappa shape index (κ1) is 27.1. The van der Waals surface area contributed by atoms with Crippen LogP contribution < -0.4 is 4.90 Å². The Morgan fingerprint density at radius 1 is 1.05 bits per heavy atom. The summed E-state index contributed by atoms with van der Waals surface area (Å²) in [5, 5.41) is 3.75. The summed E-state index contributed by atoms with van der Waals surface area (Å²) in [7, 11) is 0. The molecular formula is C26H34F3N5O3. The van der Waals surface area contributed by atoms with Crippen molar-refractivity contribution in [2.45, 2.75) is 57.9 Å². The van der Waals surface area contributed by atoms with Gasteiger partial charge in [0.05, 0.1) is 11.8 Å². The van der Waals surface area contributed by atoms with Gasteiger partial charge in [0, 0.05) is 70.8 Å². The predicted molar refractivity (Wildman–Crippen MR) is 132 cm³/mol. The van der Waals surface area contributed by atoms with Crippen LogP contribution in [0, 0.1) is 0 Å². The number of carbonyl (C=O) groups is 2. The van der Waals surface area contributed by atoms with E-state index in [1.165, 1.54) is 6.92 Å². The van der Waals surface area contributed by atoms with Crippen molar-refractivity contribution in [3.63, 3.8) is 0 Å². The number of carbonyl (C=O) groups excluding carboxylic acids is 2. The van der Waals surface area contributed by atoms with Gasteiger partial charge in [-0.2, -0.15) is 18.3 Å². The van der Waals surface area contributed by atoms with Crippen molar-refractivity contribution in [2.24, 2.45) is 0 Å². The molecule has 0 N–H and O–H groups in total. The van der Waals surface area contributed by atoms with Crippen LogP contribution in [0.5, 0.6) is 0 Å². The molecule has 1 aromatic carbocycles. The lowest BCUT2D eigenvalue weighted by Crippen LogP contribution is -2.44. The van der Waals surface area contributed by atoms with E-state index in [1.807, 2.05) is 24.3 Å². The summed E-state index contributed by atoms with van der Waals surface area (Å²) >= 11 is 0. The van der Waals surface area contributed by atoms with Crippen molar-refractivity contribution >= 4 is 17.5 Å². The summed E-state index contributed by atoms with van der Waals surface area (Å²) in [6.07, 6.45) is 0.522. The summed E-state index contributed by atoms with van der Waals surface area (Å²) in [5.41, 5.74) is 0.692. The van der Waals surface area contributed by atoms with Crippen LogP contribution in [0.1, 0.15) is 43.7 Å². The Balaban J connectivity index is 1.58. The van der Waals surface area contributed by atoms with Gasteiger partial charge >= 0.3 is 6.18 Å². The smallest absolute Gasteiger partial charge is 0.381 e. The van der Waals surface area contributed by atoms with E-state index >= 15 is 0 Å². The van der Waals surface area contributed by atoms with Crippen molar-refractivity contribution in [2.75, 3.05) is 44.3 Å². The highest BCUT2D eigenvalue weighted by Crippen LogP contribution is 2.29. The Morgan fingerprint density at radius 2 is 1.76 bits per heavy atom. The second kappa shape index (κ2) is 12.1. The number of aromatic nitrogens is 2. The molecule has 8 nitrogen and oxygen atoms in total. The Labute approximate surface area is 215 Å². The van der Waals surface area contributed by atoms with E-state index in [4.69, 9.17) is 4.74 Å². The molecule has 1 fully saturated rings. The predicted octanol–water partition coefficient (Wildman–Crippen LogP) is 3.56. The lowest BCUT2D eigenvalue weighted by molar-refractivity contribution is -0.138. The molecule has 0 unspecified atom stereocenters. The zero-order chi connectivity index (χ0) is 26.4. The molecule has 1 saturated heterocycles. The molecule has 4 rings (SSSR count). The van der Waals surface area contributed by atoms with Gasteiger partial charge in [0.25, 0.3) is 0 Å². The molecule has 2 aliphatic rings. The number of nitrogens with zero attached hydrogens (tertiary/aromatic N) is 5. The van der Waals surface area contributed by atoms with E-state index in [-0.39, 0.29) is 24.9 Å². The third-order valence-corrected chi connectivity index (χ3v) is 7.04. The number of rotatable bonds is 3. The number of benzene rings is 1. The lowest BCUT2D eigenvalue weighted by atomic mass is 10.1. The molecule has 1 aromatic heterocycles. The SMILES string of the molecule is CC(=O)N1CCCN(C2CCOCC2)CCCN(C(=O)Cn2cc(C(F)(F)F)cn2)Cc2ccccc21. The number of amides is 2. The topological polar surface area (TPSA) is 70.9 Å². The molecule has 2 amide bonds. The molecule has 11 heteroatoms. The minimum atomic E-state index is -4.52. The molecule has 0 spiro atoms. The van der Waals surface area contributed by atoms with Crippen molar-refractivity contribution in [1.82, 2.24) is 19.6 Å². The van der Waals surface area contributed by atoms with Crippen LogP contribution in [0.3, 0.4) is 0 Å². The first-order valence-corrected chi connectivity index (χ1v) is 12.8. The number of alkyl halides is 3. The molecule has 0 radical (unpaired) electrons. The number of hydrogen-bond acceptors (Lipinski definition) is 5. The van der Waals surface area contributed by atoms with Gasteiger partial charge in [0.15, 0.2) is 0 Å². The molecule has 202 valence electrons. The van der Waals surface area contributed by atoms with E-state index in [0.29, 0.717) is 19.1 Å². The zero-order valence-electron chi connectivity index (χ0n) is 21.1. The molecule has 0 atom stereocenters. The number of ether oxygens (including phenoxy) is 1. The molecular weight excluding hydrogens is 487 g/mol. The monoisotopic (exact) mass is 521 g/mol. The van der Waals surface area contributed by atoms with Crippen molar-refractivity contribution in [1.29, 1.82) is 0 Å². The van der Waals surface area contributed by atoms with E-state index in [9.17, 15) is 22.8 Å². The molecule has 2 aromatic rings. The van der Waals surface area contributed by atoms with E-state index in [2.05, 4.69) is 10.00 Å². The average Bonchev–Trinajstić information content (AvgIpc) is 3.34. The van der Waals surface area contributed by atoms with Crippen LogP contribution in [0.15, 0.2) is 36.7 Å². The average molecular weight is 522 g/mol. The van der Waals surface area contributed by atoms with Crippen LogP contribution in [0.2, 0.25) is 0 Å². The molecule has 0 aliphatic carbocycles. The molecule has 0 saturated carbocycles. The largest absolute Gasteiger partial charge is 0.419 e. The fraction of sp³-hybridized carbons (Fsp3) is 0.577. The second-order valence-corrected chi connectivity index (χ2v) is 9.63. The van der Waals surface area contributed by atoms with Gasteiger partial charge in [0.2, 0.25) is 11.8 Å². The maximum absolute atomic E-state index is 13.3. The minimum absolute atomic E-state index is 0.0729. The maximum atomic E-state index is 13.3. The number of anilines is 1. The quantitative estimate of drug-likeness (QED) is 0.618. The third-order valence-electron chi connectivity index (χ3n) is 7.04. The van der Waals surface area contributed by atoms with Crippen LogP contribution in [-0.2, 0) is 33.6 Å². The van der Waals surface area contributed by atoms with E-state index in [1.54, 1.807) is 9.80 Å². The molecule has 0 bridgehead atoms. The van der Waals surface area contributed by atoms with E-state index < -0.39 is 11.7 Å². The second-order valence-electron chi connectivity index (χ2n) is 9.63. The highest BCUT2D eigenvalue weighted by Gasteiger charge is 2.32. The standard InChI is InChI=1S/C26H34F3N5O3/c1-20(35)34-13-5-11-31(23-8-14-37-15-9-23)10-4-12-32(17-21-6-2-3-7-24(21)34)25(36)19-33-18-22(16-30-33)26(27,28)29/h2-3,6-7,16,18,23H,4-5,8-15,17,19H2,1H3. The normalized spacial score (nSPS) is 19.1. The molecule has 3 heterocycles. The van der Waals surface area contributed by atoms with Gasteiger partial charge in [-0.25, -0.2) is 0 Å². The first-order chi connectivity index (χ1) is 17.7. The fourth-order valence-electron chi connectivity index (χ4n) is 5.11. The summed E-state index contributed by atoms with van der Waals surface area (Å²) in [4.78, 5) is 31.8. The van der Waals surface area contributed by atoms with Gasteiger partial charge in [-0.1, -0.05) is 18.2 Å². The molecule has 37 heavy (non-hydrogen) atoms. The Kier molecular flexibility index (Phi) is 8.86. The van der Waals surface area contributed by atoms with Gasteiger partial charge in [-0.05, 0) is 37.3 Å². The number of fused-ring (bicyclic) bond motifs is 1. The molecule has 2 aliphatic heterocycles. The van der Waals surface area contributed by atoms with Gasteiger partial charge < -0.3 is 19.4 Å². The van der Waals surface area contributed by atoms with Crippen LogP contribution in [0.25, 0.3) is 0 Å². The van der Waals surface area contributed by atoms with Crippen molar-refractivity contribution in [3.05, 3.63) is 47.8 Å². The summed E-state index contributed by atoms with van der Waals surface area (Å²) in [5.74, 6) is -0.396. The number of halogens is 3. The maximum Gasteiger partial charge on any atom is 0.419 e. The Hall–Kier alpha value is -2.92. The summed E-state index contributed by atoms with van der Waals surface area (Å²) in [6.45, 7) is 5.58. The fourth-order valence-corrected chi connectivity index (χ4v) is 5.11. The van der Waals surface area contributed by atoms with Crippen molar-refractivity contribution in [3.8, 4) is 0 Å². The minimum Gasteiger partial charge on any atom is -0.381 e. The third kappa shape index (κ3) is 7.10. The van der Waals surface area contributed by atoms with Gasteiger partial charge in [-0.3, -0.25) is 14.3 Å². The Morgan fingerprint density at radius 3 is 2.43 bits per heavy atom. The van der Waals surface area contributed by atoms with Gasteiger partial charge in [-0.15, -0.1) is 0 Å². The van der Waals surface area contributed by atoms with Crippen LogP contribution >= 0.6 is 0 Å². The zero-order valence-corrected chi connectivity index (χ0v) is 21.1.